The minimum Gasteiger partial charge on any atom is -0.399 e. The Hall–Kier alpha value is -1.66. The summed E-state index contributed by atoms with van der Waals surface area (Å²) in [5.41, 5.74) is 7.26. The fraction of sp³-hybridized carbons (Fsp3) is 0.500. The third kappa shape index (κ3) is 2.87. The summed E-state index contributed by atoms with van der Waals surface area (Å²) < 4.78 is 7.26. The molecule has 0 amide bonds. The lowest BCUT2D eigenvalue weighted by Crippen LogP contribution is -2.25. The number of benzene rings is 1. The SMILES string of the molecule is CC(C1CCOCC1)n1nnnc1-c1cc(N)ccc1Cl. The molecule has 112 valence electrons. The third-order valence-corrected chi connectivity index (χ3v) is 4.39. The third-order valence-electron chi connectivity index (χ3n) is 4.06. The highest BCUT2D eigenvalue weighted by Gasteiger charge is 2.26. The Balaban J connectivity index is 1.94. The average molecular weight is 308 g/mol. The van der Waals surface area contributed by atoms with Crippen molar-refractivity contribution in [2.75, 3.05) is 18.9 Å². The van der Waals surface area contributed by atoms with E-state index in [2.05, 4.69) is 22.4 Å². The van der Waals surface area contributed by atoms with Crippen LogP contribution in [0.4, 0.5) is 5.69 Å². The van der Waals surface area contributed by atoms with Crippen LogP contribution in [-0.4, -0.2) is 33.4 Å². The van der Waals surface area contributed by atoms with Gasteiger partial charge in [-0.2, -0.15) is 0 Å². The van der Waals surface area contributed by atoms with E-state index in [1.165, 1.54) is 0 Å². The molecule has 1 atom stereocenters. The maximum atomic E-state index is 6.27. The molecule has 1 unspecified atom stereocenters. The maximum absolute atomic E-state index is 6.27. The molecule has 3 rings (SSSR count). The van der Waals surface area contributed by atoms with Crippen molar-refractivity contribution in [2.45, 2.75) is 25.8 Å². The summed E-state index contributed by atoms with van der Waals surface area (Å²) in [7, 11) is 0. The van der Waals surface area contributed by atoms with Crippen LogP contribution >= 0.6 is 11.6 Å². The Labute approximate surface area is 128 Å². The molecule has 0 bridgehead atoms. The molecule has 2 heterocycles. The van der Waals surface area contributed by atoms with E-state index in [9.17, 15) is 0 Å². The highest BCUT2D eigenvalue weighted by Crippen LogP contribution is 2.33. The molecule has 1 aromatic heterocycles. The van der Waals surface area contributed by atoms with Crippen LogP contribution in [0, 0.1) is 5.92 Å². The Morgan fingerprint density at radius 3 is 2.90 bits per heavy atom. The normalized spacial score (nSPS) is 17.8. The van der Waals surface area contributed by atoms with Gasteiger partial charge < -0.3 is 10.5 Å². The largest absolute Gasteiger partial charge is 0.399 e. The van der Waals surface area contributed by atoms with Crippen molar-refractivity contribution in [3.05, 3.63) is 23.2 Å². The van der Waals surface area contributed by atoms with Gasteiger partial charge in [-0.3, -0.25) is 0 Å². The number of aromatic nitrogens is 4. The second kappa shape index (κ2) is 5.99. The topological polar surface area (TPSA) is 78.8 Å². The molecular weight excluding hydrogens is 290 g/mol. The summed E-state index contributed by atoms with van der Waals surface area (Å²) in [5, 5.41) is 12.7. The molecule has 0 spiro atoms. The van der Waals surface area contributed by atoms with Gasteiger partial charge in [0, 0.05) is 24.5 Å². The first-order valence-corrected chi connectivity index (χ1v) is 7.45. The molecule has 1 fully saturated rings. The average Bonchev–Trinajstić information content (AvgIpc) is 2.99. The number of ether oxygens (including phenoxy) is 1. The van der Waals surface area contributed by atoms with Crippen molar-refractivity contribution in [2.24, 2.45) is 5.92 Å². The Kier molecular flexibility index (Phi) is 4.07. The zero-order valence-corrected chi connectivity index (χ0v) is 12.6. The second-order valence-electron chi connectivity index (χ2n) is 5.38. The number of hydrogen-bond acceptors (Lipinski definition) is 5. The number of anilines is 1. The van der Waals surface area contributed by atoms with Gasteiger partial charge in [0.1, 0.15) is 0 Å². The minimum absolute atomic E-state index is 0.191. The van der Waals surface area contributed by atoms with E-state index in [4.69, 9.17) is 22.1 Å². The van der Waals surface area contributed by atoms with E-state index >= 15 is 0 Å². The summed E-state index contributed by atoms with van der Waals surface area (Å²) in [6, 6.07) is 5.53. The summed E-state index contributed by atoms with van der Waals surface area (Å²) >= 11 is 6.27. The summed E-state index contributed by atoms with van der Waals surface area (Å²) in [6.45, 7) is 3.73. The summed E-state index contributed by atoms with van der Waals surface area (Å²) in [4.78, 5) is 0. The van der Waals surface area contributed by atoms with Gasteiger partial charge in [0.2, 0.25) is 0 Å². The van der Waals surface area contributed by atoms with Gasteiger partial charge in [-0.05, 0) is 54.3 Å². The number of nitrogen functional groups attached to an aromatic ring is 1. The van der Waals surface area contributed by atoms with Crippen LogP contribution in [0.2, 0.25) is 5.02 Å². The van der Waals surface area contributed by atoms with E-state index in [0.29, 0.717) is 22.5 Å². The van der Waals surface area contributed by atoms with Crippen molar-refractivity contribution in [3.63, 3.8) is 0 Å². The molecule has 7 heteroatoms. The van der Waals surface area contributed by atoms with Crippen LogP contribution in [0.25, 0.3) is 11.4 Å². The van der Waals surface area contributed by atoms with E-state index in [1.54, 1.807) is 18.2 Å². The van der Waals surface area contributed by atoms with Crippen LogP contribution in [0.15, 0.2) is 18.2 Å². The molecule has 6 nitrogen and oxygen atoms in total. The fourth-order valence-electron chi connectivity index (χ4n) is 2.76. The quantitative estimate of drug-likeness (QED) is 0.882. The molecule has 2 N–H and O–H groups in total. The number of hydrogen-bond donors (Lipinski definition) is 1. The smallest absolute Gasteiger partial charge is 0.183 e. The van der Waals surface area contributed by atoms with E-state index < -0.39 is 0 Å². The zero-order chi connectivity index (χ0) is 14.8. The summed E-state index contributed by atoms with van der Waals surface area (Å²) in [6.07, 6.45) is 2.04. The standard InChI is InChI=1S/C14H18ClN5O/c1-9(10-4-6-21-7-5-10)20-14(17-18-19-20)12-8-11(16)2-3-13(12)15/h2-3,8-10H,4-7,16H2,1H3. The monoisotopic (exact) mass is 307 g/mol. The van der Waals surface area contributed by atoms with Gasteiger partial charge in [-0.15, -0.1) is 5.10 Å². The van der Waals surface area contributed by atoms with Gasteiger partial charge in [-0.25, -0.2) is 4.68 Å². The van der Waals surface area contributed by atoms with Crippen LogP contribution in [-0.2, 0) is 4.74 Å². The van der Waals surface area contributed by atoms with E-state index in [1.807, 2.05) is 4.68 Å². The molecule has 1 aliphatic heterocycles. The highest BCUT2D eigenvalue weighted by molar-refractivity contribution is 6.33. The molecular formula is C14H18ClN5O. The molecule has 21 heavy (non-hydrogen) atoms. The lowest BCUT2D eigenvalue weighted by Gasteiger charge is -2.28. The Bertz CT molecular complexity index is 624. The van der Waals surface area contributed by atoms with Crippen molar-refractivity contribution in [1.29, 1.82) is 0 Å². The molecule has 0 aliphatic carbocycles. The van der Waals surface area contributed by atoms with Gasteiger partial charge >= 0.3 is 0 Å². The second-order valence-corrected chi connectivity index (χ2v) is 5.78. The Morgan fingerprint density at radius 1 is 1.38 bits per heavy atom. The van der Waals surface area contributed by atoms with Gasteiger partial charge in [0.25, 0.3) is 0 Å². The first kappa shape index (κ1) is 14.3. The van der Waals surface area contributed by atoms with E-state index in [0.717, 1.165) is 31.6 Å². The molecule has 0 radical (unpaired) electrons. The minimum atomic E-state index is 0.191. The fourth-order valence-corrected chi connectivity index (χ4v) is 2.96. The van der Waals surface area contributed by atoms with Crippen LogP contribution in [0.3, 0.4) is 0 Å². The van der Waals surface area contributed by atoms with Crippen LogP contribution in [0.1, 0.15) is 25.8 Å². The number of nitrogens with two attached hydrogens (primary N) is 1. The molecule has 0 saturated carbocycles. The van der Waals surface area contributed by atoms with Gasteiger partial charge in [0.05, 0.1) is 11.1 Å². The first-order valence-electron chi connectivity index (χ1n) is 7.08. The van der Waals surface area contributed by atoms with Gasteiger partial charge in [-0.1, -0.05) is 11.6 Å². The van der Waals surface area contributed by atoms with Crippen molar-refractivity contribution >= 4 is 17.3 Å². The van der Waals surface area contributed by atoms with Crippen molar-refractivity contribution in [3.8, 4) is 11.4 Å². The van der Waals surface area contributed by atoms with E-state index in [-0.39, 0.29) is 6.04 Å². The Morgan fingerprint density at radius 2 is 2.14 bits per heavy atom. The van der Waals surface area contributed by atoms with Crippen molar-refractivity contribution in [1.82, 2.24) is 20.2 Å². The van der Waals surface area contributed by atoms with Crippen LogP contribution in [0.5, 0.6) is 0 Å². The molecule has 2 aromatic rings. The number of rotatable bonds is 3. The summed E-state index contributed by atoms with van der Waals surface area (Å²) in [5.74, 6) is 1.16. The highest BCUT2D eigenvalue weighted by atomic mass is 35.5. The number of tetrazole rings is 1. The lowest BCUT2D eigenvalue weighted by atomic mass is 9.93. The van der Waals surface area contributed by atoms with Crippen LogP contribution < -0.4 is 5.73 Å². The van der Waals surface area contributed by atoms with Gasteiger partial charge in [0.15, 0.2) is 5.82 Å². The molecule has 1 aliphatic rings. The maximum Gasteiger partial charge on any atom is 0.183 e. The predicted molar refractivity (Wildman–Crippen MR) is 80.9 cm³/mol. The molecule has 1 saturated heterocycles. The zero-order valence-electron chi connectivity index (χ0n) is 11.9. The number of nitrogens with zero attached hydrogens (tertiary/aromatic N) is 4. The predicted octanol–water partition coefficient (Wildman–Crippen LogP) is 2.56. The van der Waals surface area contributed by atoms with Crippen molar-refractivity contribution < 1.29 is 4.74 Å². The first-order chi connectivity index (χ1) is 10.2. The number of halogens is 1. The molecule has 1 aromatic carbocycles. The lowest BCUT2D eigenvalue weighted by molar-refractivity contribution is 0.0495.